The standard InChI is InChI=1S/C26H6Br8N2O4/c1-35-23(37)11-5-3-7(15(27)19(11)31)9-4-6-13(21(33)17(9)29)25(39)36(2)26(40)14(6)22(34)18(30)10(4)8(3)16(28)20(32)12(5)24(35)38/h1-2H3. The van der Waals surface area contributed by atoms with Gasteiger partial charge in [-0.05, 0) is 127 Å². The van der Waals surface area contributed by atoms with Crippen LogP contribution in [0.4, 0.5) is 0 Å². The summed E-state index contributed by atoms with van der Waals surface area (Å²) in [4.78, 5) is 56.4. The molecule has 5 aromatic carbocycles. The monoisotopic (exact) mass is 1040 g/mol. The molecule has 7 rings (SSSR count). The van der Waals surface area contributed by atoms with Gasteiger partial charge in [-0.25, -0.2) is 0 Å². The lowest BCUT2D eigenvalue weighted by atomic mass is 9.82. The van der Waals surface area contributed by atoms with E-state index in [1.165, 1.54) is 14.1 Å². The quantitative estimate of drug-likeness (QED) is 0.0880. The molecule has 4 amide bonds. The Kier molecular flexibility index (Phi) is 6.38. The lowest BCUT2D eigenvalue weighted by molar-refractivity contribution is 0.0634. The van der Waals surface area contributed by atoms with Gasteiger partial charge in [0.1, 0.15) is 0 Å². The number of carbonyl (C=O) groups is 4. The SMILES string of the molecule is CN1C(=O)c2c(Br)c(Br)c3c4c(Br)c(Br)c5c6c(c(Br)c(Br)c(c7c(Br)c(Br)c(c2c37)C1=O)c64)C(=O)N(C)C5=O. The van der Waals surface area contributed by atoms with Crippen LogP contribution in [0.2, 0.25) is 0 Å². The maximum absolute atomic E-state index is 13.5. The third-order valence-electron chi connectivity index (χ3n) is 7.60. The molecule has 0 N–H and O–H groups in total. The Balaban J connectivity index is 1.98. The van der Waals surface area contributed by atoms with E-state index >= 15 is 0 Å². The molecule has 14 heteroatoms. The zero-order valence-electron chi connectivity index (χ0n) is 19.6. The normalized spacial score (nSPS) is 15.3. The Labute approximate surface area is 291 Å². The highest BCUT2D eigenvalue weighted by atomic mass is 79.9. The van der Waals surface area contributed by atoms with E-state index in [0.717, 1.165) is 9.80 Å². The van der Waals surface area contributed by atoms with Crippen molar-refractivity contribution in [2.75, 3.05) is 14.1 Å². The first-order valence-corrected chi connectivity index (χ1v) is 17.5. The number of halogens is 8. The van der Waals surface area contributed by atoms with Crippen LogP contribution in [-0.4, -0.2) is 47.5 Å². The predicted molar refractivity (Wildman–Crippen MR) is 182 cm³/mol. The number of carbonyl (C=O) groups excluding carboxylic acids is 4. The summed E-state index contributed by atoms with van der Waals surface area (Å²) < 4.78 is 4.30. The third-order valence-corrected chi connectivity index (χ3v) is 16.1. The number of benzene rings is 5. The highest BCUT2D eigenvalue weighted by molar-refractivity contribution is 9.14. The van der Waals surface area contributed by atoms with Crippen molar-refractivity contribution in [1.82, 2.24) is 9.80 Å². The minimum absolute atomic E-state index is 0.351. The Bertz CT molecular complexity index is 1910. The molecule has 2 aliphatic rings. The van der Waals surface area contributed by atoms with Gasteiger partial charge in [0.15, 0.2) is 0 Å². The number of imide groups is 2. The molecular formula is C26H6Br8N2O4. The fraction of sp³-hybridized carbons (Fsp3) is 0.0769. The summed E-state index contributed by atoms with van der Waals surface area (Å²) in [5.74, 6) is -1.75. The smallest absolute Gasteiger partial charge is 0.262 e. The largest absolute Gasteiger partial charge is 0.277 e. The number of hydrogen-bond donors (Lipinski definition) is 0. The highest BCUT2D eigenvalue weighted by Crippen LogP contribution is 2.59. The van der Waals surface area contributed by atoms with Gasteiger partial charge in [-0.15, -0.1) is 0 Å². The maximum atomic E-state index is 13.5. The van der Waals surface area contributed by atoms with Gasteiger partial charge in [0, 0.05) is 93.0 Å². The zero-order chi connectivity index (χ0) is 29.0. The molecule has 0 spiro atoms. The molecule has 0 bridgehead atoms. The molecule has 0 radical (unpaired) electrons. The number of fused-ring (bicyclic) bond motifs is 2. The summed E-state index contributed by atoms with van der Waals surface area (Å²) in [7, 11) is 2.91. The zero-order valence-corrected chi connectivity index (χ0v) is 32.2. The highest BCUT2D eigenvalue weighted by Gasteiger charge is 2.42. The van der Waals surface area contributed by atoms with E-state index in [9.17, 15) is 19.2 Å². The molecule has 200 valence electrons. The van der Waals surface area contributed by atoms with Crippen molar-refractivity contribution in [2.45, 2.75) is 0 Å². The Morgan fingerprint density at radius 2 is 0.525 bits per heavy atom. The molecule has 6 nitrogen and oxygen atoms in total. The summed E-state index contributed by atoms with van der Waals surface area (Å²) in [6.45, 7) is 0. The minimum Gasteiger partial charge on any atom is -0.277 e. The number of hydrogen-bond acceptors (Lipinski definition) is 4. The summed E-state index contributed by atoms with van der Waals surface area (Å²) >= 11 is 29.6. The van der Waals surface area contributed by atoms with Crippen LogP contribution in [0, 0.1) is 0 Å². The van der Waals surface area contributed by atoms with Gasteiger partial charge in [0.25, 0.3) is 23.6 Å². The van der Waals surface area contributed by atoms with Crippen LogP contribution in [-0.2, 0) is 0 Å². The Morgan fingerprint density at radius 1 is 0.325 bits per heavy atom. The molecule has 2 aliphatic heterocycles. The molecule has 0 saturated carbocycles. The number of amides is 4. The second-order valence-electron chi connectivity index (χ2n) is 9.35. The molecule has 0 unspecified atom stereocenters. The third kappa shape index (κ3) is 3.08. The van der Waals surface area contributed by atoms with Crippen LogP contribution in [0.1, 0.15) is 41.4 Å². The average molecular weight is 1050 g/mol. The van der Waals surface area contributed by atoms with Crippen LogP contribution in [0.3, 0.4) is 0 Å². The predicted octanol–water partition coefficient (Wildman–Crippen LogP) is 10.3. The van der Waals surface area contributed by atoms with Crippen molar-refractivity contribution < 1.29 is 19.2 Å². The summed E-state index contributed by atoms with van der Waals surface area (Å²) in [5, 5.41) is 5.14. The van der Waals surface area contributed by atoms with Crippen molar-refractivity contribution in [3.63, 3.8) is 0 Å². The molecule has 40 heavy (non-hydrogen) atoms. The summed E-state index contributed by atoms with van der Waals surface area (Å²) in [5.41, 5.74) is 1.40. The molecule has 5 aromatic rings. The first-order chi connectivity index (χ1) is 18.7. The molecular weight excluding hydrogens is 1040 g/mol. The van der Waals surface area contributed by atoms with Crippen molar-refractivity contribution in [3.05, 3.63) is 58.0 Å². The molecule has 2 heterocycles. The van der Waals surface area contributed by atoms with Gasteiger partial charge < -0.3 is 0 Å². The Morgan fingerprint density at radius 3 is 0.725 bits per heavy atom. The molecule has 0 aliphatic carbocycles. The number of nitrogens with zero attached hydrogens (tertiary/aromatic N) is 2. The van der Waals surface area contributed by atoms with Crippen molar-refractivity contribution in [3.8, 4) is 0 Å². The van der Waals surface area contributed by atoms with Gasteiger partial charge in [0.05, 0.1) is 22.3 Å². The minimum atomic E-state index is -0.437. The second kappa shape index (κ2) is 9.02. The van der Waals surface area contributed by atoms with Crippen LogP contribution in [0.25, 0.3) is 43.1 Å². The molecule has 0 atom stereocenters. The van der Waals surface area contributed by atoms with Crippen LogP contribution >= 0.6 is 127 Å². The number of rotatable bonds is 0. The molecule has 0 saturated heterocycles. The van der Waals surface area contributed by atoms with E-state index in [4.69, 9.17) is 0 Å². The molecule has 0 fully saturated rings. The van der Waals surface area contributed by atoms with Crippen molar-refractivity contribution in [2.24, 2.45) is 0 Å². The Hall–Kier alpha value is -0.480. The van der Waals surface area contributed by atoms with Gasteiger partial charge in [0.2, 0.25) is 0 Å². The first-order valence-electron chi connectivity index (χ1n) is 11.1. The lowest BCUT2D eigenvalue weighted by Crippen LogP contribution is -2.38. The van der Waals surface area contributed by atoms with Crippen molar-refractivity contribution >= 4 is 194 Å². The van der Waals surface area contributed by atoms with Gasteiger partial charge in [-0.2, -0.15) is 0 Å². The van der Waals surface area contributed by atoms with Crippen LogP contribution in [0.15, 0.2) is 35.8 Å². The molecule has 0 aromatic heterocycles. The maximum Gasteiger partial charge on any atom is 0.262 e. The first kappa shape index (κ1) is 28.3. The van der Waals surface area contributed by atoms with Gasteiger partial charge in [-0.1, -0.05) is 0 Å². The van der Waals surface area contributed by atoms with Gasteiger partial charge >= 0.3 is 0 Å². The summed E-state index contributed by atoms with van der Waals surface area (Å²) in [6.07, 6.45) is 0. The fourth-order valence-corrected chi connectivity index (χ4v) is 10.5. The topological polar surface area (TPSA) is 74.8 Å². The second-order valence-corrected chi connectivity index (χ2v) is 15.7. The van der Waals surface area contributed by atoms with E-state index in [0.29, 0.717) is 101 Å². The van der Waals surface area contributed by atoms with Gasteiger partial charge in [-0.3, -0.25) is 29.0 Å². The van der Waals surface area contributed by atoms with E-state index in [1.807, 2.05) is 0 Å². The summed E-state index contributed by atoms with van der Waals surface area (Å²) in [6, 6.07) is 0. The van der Waals surface area contributed by atoms with Crippen molar-refractivity contribution in [1.29, 1.82) is 0 Å². The van der Waals surface area contributed by atoms with Crippen LogP contribution in [0.5, 0.6) is 0 Å². The van der Waals surface area contributed by atoms with E-state index < -0.39 is 23.6 Å². The fourth-order valence-electron chi connectivity index (χ4n) is 5.85. The van der Waals surface area contributed by atoms with E-state index in [1.54, 1.807) is 0 Å². The lowest BCUT2D eigenvalue weighted by Gasteiger charge is -2.32. The van der Waals surface area contributed by atoms with E-state index in [-0.39, 0.29) is 0 Å². The van der Waals surface area contributed by atoms with E-state index in [2.05, 4.69) is 127 Å². The van der Waals surface area contributed by atoms with Crippen LogP contribution < -0.4 is 0 Å². The average Bonchev–Trinajstić information content (AvgIpc) is 2.92.